The first kappa shape index (κ1) is 27.1. The molecule has 208 valence electrons. The summed E-state index contributed by atoms with van der Waals surface area (Å²) in [6, 6.07) is 21.4. The van der Waals surface area contributed by atoms with Gasteiger partial charge in [0.25, 0.3) is 5.91 Å². The van der Waals surface area contributed by atoms with Crippen molar-refractivity contribution in [1.82, 2.24) is 10.2 Å². The summed E-state index contributed by atoms with van der Waals surface area (Å²) in [5, 5.41) is 4.21. The lowest BCUT2D eigenvalue weighted by Gasteiger charge is -2.27. The molecule has 1 aliphatic heterocycles. The molecule has 2 fully saturated rings. The van der Waals surface area contributed by atoms with Crippen molar-refractivity contribution in [3.63, 3.8) is 0 Å². The van der Waals surface area contributed by atoms with Gasteiger partial charge >= 0.3 is 0 Å². The zero-order valence-corrected chi connectivity index (χ0v) is 24.6. The van der Waals surface area contributed by atoms with Gasteiger partial charge < -0.3 is 15.0 Å². The third-order valence-electron chi connectivity index (χ3n) is 9.14. The summed E-state index contributed by atoms with van der Waals surface area (Å²) in [6.45, 7) is 9.50. The summed E-state index contributed by atoms with van der Waals surface area (Å²) in [6.07, 6.45) is 3.98. The Hall–Kier alpha value is -3.08. The number of para-hydroxylation sites is 1. The van der Waals surface area contributed by atoms with Gasteiger partial charge in [-0.05, 0) is 97.5 Å². The van der Waals surface area contributed by atoms with Crippen LogP contribution in [0.5, 0.6) is 5.75 Å². The summed E-state index contributed by atoms with van der Waals surface area (Å²) in [5.41, 5.74) is 9.61. The van der Waals surface area contributed by atoms with Gasteiger partial charge in [-0.15, -0.1) is 0 Å². The number of carbonyl (C=O) groups excluding carboxylic acids is 1. The number of carbonyl (C=O) groups is 1. The van der Waals surface area contributed by atoms with E-state index in [-0.39, 0.29) is 5.91 Å². The molecule has 4 nitrogen and oxygen atoms in total. The standard InChI is InChI=1S/C35H39ClN2O2/c1-22-6-4-8-27(24(22)3)21-38(29-14-15-29)35(39)33-30(18-28-19-37-20-31(28)33)26-12-10-25(11-13-26)16-17-40-34-23(2)7-5-9-32(34)36/h4-13,28-29,31,37H,14-21H2,1-3H3/t28-,31+/m0/s1. The van der Waals surface area contributed by atoms with Gasteiger partial charge in [0.1, 0.15) is 5.75 Å². The molecule has 1 N–H and O–H groups in total. The number of aryl methyl sites for hydroxylation is 2. The molecule has 1 saturated carbocycles. The maximum Gasteiger partial charge on any atom is 0.250 e. The van der Waals surface area contributed by atoms with Crippen LogP contribution in [0.3, 0.4) is 0 Å². The predicted molar refractivity (Wildman–Crippen MR) is 163 cm³/mol. The molecule has 0 unspecified atom stereocenters. The molecule has 6 rings (SSSR count). The molecule has 3 aromatic carbocycles. The van der Waals surface area contributed by atoms with E-state index in [2.05, 4.69) is 66.5 Å². The first-order valence-electron chi connectivity index (χ1n) is 14.7. The Balaban J connectivity index is 1.22. The number of benzene rings is 3. The van der Waals surface area contributed by atoms with Gasteiger partial charge in [-0.3, -0.25) is 4.79 Å². The van der Waals surface area contributed by atoms with Crippen LogP contribution in [0.25, 0.3) is 5.57 Å². The maximum atomic E-state index is 14.4. The summed E-state index contributed by atoms with van der Waals surface area (Å²) in [7, 11) is 0. The zero-order valence-electron chi connectivity index (χ0n) is 23.8. The second-order valence-electron chi connectivity index (χ2n) is 11.8. The highest BCUT2D eigenvalue weighted by atomic mass is 35.5. The number of hydrogen-bond donors (Lipinski definition) is 1. The lowest BCUT2D eigenvalue weighted by molar-refractivity contribution is -0.128. The third kappa shape index (κ3) is 5.44. The van der Waals surface area contributed by atoms with E-state index in [1.165, 1.54) is 33.4 Å². The van der Waals surface area contributed by atoms with Crippen LogP contribution in [0.1, 0.15) is 52.6 Å². The van der Waals surface area contributed by atoms with Crippen LogP contribution in [-0.2, 0) is 17.8 Å². The number of halogens is 1. The summed E-state index contributed by atoms with van der Waals surface area (Å²) >= 11 is 6.32. The van der Waals surface area contributed by atoms with Crippen molar-refractivity contribution in [3.8, 4) is 5.75 Å². The minimum Gasteiger partial charge on any atom is -0.491 e. The molecule has 1 amide bonds. The Morgan fingerprint density at radius 3 is 2.48 bits per heavy atom. The fourth-order valence-corrected chi connectivity index (χ4v) is 6.74. The van der Waals surface area contributed by atoms with E-state index in [1.54, 1.807) is 0 Å². The Kier molecular flexibility index (Phi) is 7.74. The topological polar surface area (TPSA) is 41.6 Å². The third-order valence-corrected chi connectivity index (χ3v) is 9.44. The molecular formula is C35H39ClN2O2. The number of amides is 1. The van der Waals surface area contributed by atoms with Crippen LogP contribution in [0.2, 0.25) is 5.02 Å². The molecule has 40 heavy (non-hydrogen) atoms. The van der Waals surface area contributed by atoms with Crippen molar-refractivity contribution in [3.05, 3.63) is 105 Å². The highest BCUT2D eigenvalue weighted by Gasteiger charge is 2.44. The van der Waals surface area contributed by atoms with Crippen molar-refractivity contribution in [2.24, 2.45) is 11.8 Å². The molecule has 2 atom stereocenters. The van der Waals surface area contributed by atoms with E-state index in [0.29, 0.717) is 36.1 Å². The molecule has 5 heteroatoms. The maximum absolute atomic E-state index is 14.4. The first-order valence-corrected chi connectivity index (χ1v) is 15.1. The van der Waals surface area contributed by atoms with Gasteiger partial charge in [0.15, 0.2) is 0 Å². The normalized spacial score (nSPS) is 20.1. The minimum atomic E-state index is 0.252. The Morgan fingerprint density at radius 2 is 1.73 bits per heavy atom. The van der Waals surface area contributed by atoms with Crippen molar-refractivity contribution in [2.75, 3.05) is 19.7 Å². The molecule has 1 heterocycles. The average molecular weight is 555 g/mol. The number of nitrogens with zero attached hydrogens (tertiary/aromatic N) is 1. The van der Waals surface area contributed by atoms with Crippen LogP contribution in [0.15, 0.2) is 66.2 Å². The van der Waals surface area contributed by atoms with Gasteiger partial charge in [0, 0.05) is 37.0 Å². The summed E-state index contributed by atoms with van der Waals surface area (Å²) < 4.78 is 6.02. The van der Waals surface area contributed by atoms with Gasteiger partial charge in [0.2, 0.25) is 0 Å². The molecule has 0 aromatic heterocycles. The lowest BCUT2D eigenvalue weighted by atomic mass is 9.93. The Labute approximate surface area is 243 Å². The van der Waals surface area contributed by atoms with E-state index in [0.717, 1.165) is 55.7 Å². The highest BCUT2D eigenvalue weighted by Crippen LogP contribution is 2.46. The van der Waals surface area contributed by atoms with Crippen molar-refractivity contribution in [2.45, 2.75) is 59.0 Å². The first-order chi connectivity index (χ1) is 19.4. The average Bonchev–Trinajstić information content (AvgIpc) is 3.57. The number of ether oxygens (including phenoxy) is 1. The number of hydrogen-bond acceptors (Lipinski definition) is 3. The fourth-order valence-electron chi connectivity index (χ4n) is 6.46. The second-order valence-corrected chi connectivity index (χ2v) is 12.2. The molecule has 0 radical (unpaired) electrons. The number of fused-ring (bicyclic) bond motifs is 1. The van der Waals surface area contributed by atoms with E-state index in [4.69, 9.17) is 16.3 Å². The van der Waals surface area contributed by atoms with Crippen LogP contribution >= 0.6 is 11.6 Å². The molecule has 1 saturated heterocycles. The van der Waals surface area contributed by atoms with Crippen LogP contribution in [0.4, 0.5) is 0 Å². The highest BCUT2D eigenvalue weighted by molar-refractivity contribution is 6.32. The monoisotopic (exact) mass is 554 g/mol. The molecule has 0 spiro atoms. The van der Waals surface area contributed by atoms with Crippen LogP contribution < -0.4 is 10.1 Å². The Bertz CT molecular complexity index is 1420. The molecular weight excluding hydrogens is 516 g/mol. The number of rotatable bonds is 9. The van der Waals surface area contributed by atoms with E-state index < -0.39 is 0 Å². The SMILES string of the molecule is Cc1cccc(CN(C(=O)C2=C(c3ccc(CCOc4c(C)cccc4Cl)cc3)C[C@H]3CNC[C@@H]23)C2CC2)c1C. The van der Waals surface area contributed by atoms with Gasteiger partial charge in [-0.1, -0.05) is 66.2 Å². The Morgan fingerprint density at radius 1 is 0.975 bits per heavy atom. The quantitative estimate of drug-likeness (QED) is 0.307. The fraction of sp³-hybridized carbons (Fsp3) is 0.400. The second kappa shape index (κ2) is 11.4. The van der Waals surface area contributed by atoms with Gasteiger partial charge in [-0.2, -0.15) is 0 Å². The predicted octanol–water partition coefficient (Wildman–Crippen LogP) is 7.07. The summed E-state index contributed by atoms with van der Waals surface area (Å²) in [4.78, 5) is 16.5. The minimum absolute atomic E-state index is 0.252. The molecule has 3 aliphatic rings. The molecule has 3 aromatic rings. The van der Waals surface area contributed by atoms with Crippen LogP contribution in [0, 0.1) is 32.6 Å². The molecule has 0 bridgehead atoms. The molecule has 2 aliphatic carbocycles. The van der Waals surface area contributed by atoms with Crippen LogP contribution in [-0.4, -0.2) is 36.5 Å². The van der Waals surface area contributed by atoms with Crippen molar-refractivity contribution in [1.29, 1.82) is 0 Å². The zero-order chi connectivity index (χ0) is 27.8. The van der Waals surface area contributed by atoms with Gasteiger partial charge in [-0.25, -0.2) is 0 Å². The van der Waals surface area contributed by atoms with E-state index in [9.17, 15) is 4.79 Å². The smallest absolute Gasteiger partial charge is 0.250 e. The lowest BCUT2D eigenvalue weighted by Crippen LogP contribution is -2.36. The largest absolute Gasteiger partial charge is 0.491 e. The van der Waals surface area contributed by atoms with Crippen molar-refractivity contribution < 1.29 is 9.53 Å². The number of nitrogens with one attached hydrogen (secondary N) is 1. The van der Waals surface area contributed by atoms with Crippen molar-refractivity contribution >= 4 is 23.1 Å². The van der Waals surface area contributed by atoms with E-state index >= 15 is 0 Å². The number of allylic oxidation sites excluding steroid dienone is 1. The summed E-state index contributed by atoms with van der Waals surface area (Å²) in [5.74, 6) is 1.82. The van der Waals surface area contributed by atoms with Gasteiger partial charge in [0.05, 0.1) is 11.6 Å². The van der Waals surface area contributed by atoms with E-state index in [1.807, 2.05) is 25.1 Å².